The minimum atomic E-state index is -3.66. The Balaban J connectivity index is 2.30. The third-order valence-electron chi connectivity index (χ3n) is 3.15. The summed E-state index contributed by atoms with van der Waals surface area (Å²) in [5.74, 6) is 0. The Morgan fingerprint density at radius 1 is 1.30 bits per heavy atom. The molecule has 1 aromatic rings. The van der Waals surface area contributed by atoms with Crippen molar-refractivity contribution in [2.45, 2.75) is 28.8 Å². The van der Waals surface area contributed by atoms with E-state index in [1.165, 1.54) is 16.4 Å². The molecule has 0 bridgehead atoms. The number of rotatable bonds is 3. The molecule has 0 saturated carbocycles. The Kier molecular flexibility index (Phi) is 4.14. The summed E-state index contributed by atoms with van der Waals surface area (Å²) in [6.07, 6.45) is 3.62. The molecule has 1 atom stereocenters. The fraction of sp³-hybridized carbons (Fsp3) is 0.545. The van der Waals surface area contributed by atoms with E-state index in [-0.39, 0.29) is 22.5 Å². The molecule has 0 amide bonds. The fourth-order valence-corrected chi connectivity index (χ4v) is 4.12. The first-order valence-corrected chi connectivity index (χ1v) is 9.46. The highest BCUT2D eigenvalue weighted by Crippen LogP contribution is 2.20. The molecule has 2 heterocycles. The third kappa shape index (κ3) is 3.17. The lowest BCUT2D eigenvalue weighted by Gasteiger charge is -2.29. The number of hydrogen-bond donors (Lipinski definition) is 1. The third-order valence-corrected chi connectivity index (χ3v) is 6.00. The van der Waals surface area contributed by atoms with Crippen molar-refractivity contribution < 1.29 is 16.8 Å². The molecule has 7 nitrogen and oxygen atoms in total. The molecule has 0 spiro atoms. The summed E-state index contributed by atoms with van der Waals surface area (Å²) < 4.78 is 48.7. The second kappa shape index (κ2) is 5.40. The maximum atomic E-state index is 12.4. The van der Waals surface area contributed by atoms with Crippen molar-refractivity contribution in [3.05, 3.63) is 18.3 Å². The molecule has 20 heavy (non-hydrogen) atoms. The van der Waals surface area contributed by atoms with E-state index < -0.39 is 19.9 Å². The lowest BCUT2D eigenvalue weighted by molar-refractivity contribution is 0.316. The molecular formula is C11H17N3O4S2. The Morgan fingerprint density at radius 3 is 2.50 bits per heavy atom. The van der Waals surface area contributed by atoms with Crippen LogP contribution in [0, 0.1) is 0 Å². The van der Waals surface area contributed by atoms with Gasteiger partial charge in [-0.15, -0.1) is 0 Å². The normalized spacial score (nSPS) is 21.8. The van der Waals surface area contributed by atoms with Crippen molar-refractivity contribution >= 4 is 19.9 Å². The van der Waals surface area contributed by atoms with Crippen molar-refractivity contribution in [2.75, 3.05) is 19.3 Å². The highest BCUT2D eigenvalue weighted by atomic mass is 32.2. The zero-order chi connectivity index (χ0) is 15.0. The number of piperidine rings is 1. The molecule has 9 heteroatoms. The first-order chi connectivity index (χ1) is 9.21. The summed E-state index contributed by atoms with van der Waals surface area (Å²) in [4.78, 5) is 3.69. The summed E-state index contributed by atoms with van der Waals surface area (Å²) in [5.41, 5.74) is 5.78. The predicted octanol–water partition coefficient (Wildman–Crippen LogP) is -0.403. The number of nitrogens with two attached hydrogens (primary N) is 1. The van der Waals surface area contributed by atoms with Gasteiger partial charge < -0.3 is 5.73 Å². The van der Waals surface area contributed by atoms with E-state index >= 15 is 0 Å². The number of aromatic nitrogens is 1. The summed E-state index contributed by atoms with van der Waals surface area (Å²) in [7, 11) is -7.10. The molecule has 0 aliphatic carbocycles. The second-order valence-corrected chi connectivity index (χ2v) is 8.77. The monoisotopic (exact) mass is 319 g/mol. The van der Waals surface area contributed by atoms with Gasteiger partial charge in [-0.1, -0.05) is 0 Å². The maximum absolute atomic E-state index is 12.4. The van der Waals surface area contributed by atoms with Crippen LogP contribution in [0.25, 0.3) is 0 Å². The molecule has 1 aliphatic heterocycles. The molecule has 1 saturated heterocycles. The number of nitrogens with zero attached hydrogens (tertiary/aromatic N) is 2. The first kappa shape index (κ1) is 15.4. The second-order valence-electron chi connectivity index (χ2n) is 4.87. The Labute approximate surface area is 118 Å². The molecule has 1 aromatic heterocycles. The largest absolute Gasteiger partial charge is 0.327 e. The summed E-state index contributed by atoms with van der Waals surface area (Å²) in [6, 6.07) is 2.30. The van der Waals surface area contributed by atoms with Gasteiger partial charge in [0.1, 0.15) is 4.90 Å². The van der Waals surface area contributed by atoms with Crippen LogP contribution in [0.1, 0.15) is 12.8 Å². The van der Waals surface area contributed by atoms with Crippen LogP contribution in [-0.2, 0) is 19.9 Å². The Morgan fingerprint density at radius 2 is 2.00 bits per heavy atom. The number of pyridine rings is 1. The van der Waals surface area contributed by atoms with Crippen LogP contribution in [-0.4, -0.2) is 51.5 Å². The van der Waals surface area contributed by atoms with E-state index in [1.807, 2.05) is 0 Å². The van der Waals surface area contributed by atoms with E-state index in [1.54, 1.807) is 0 Å². The molecule has 2 N–H and O–H groups in total. The lowest BCUT2D eigenvalue weighted by atomic mass is 10.1. The van der Waals surface area contributed by atoms with E-state index in [9.17, 15) is 16.8 Å². The molecule has 2 rings (SSSR count). The van der Waals surface area contributed by atoms with Gasteiger partial charge in [0.2, 0.25) is 10.0 Å². The predicted molar refractivity (Wildman–Crippen MR) is 73.3 cm³/mol. The van der Waals surface area contributed by atoms with Gasteiger partial charge in [-0.3, -0.25) is 0 Å². The van der Waals surface area contributed by atoms with Crippen molar-refractivity contribution in [1.29, 1.82) is 0 Å². The molecular weight excluding hydrogens is 302 g/mol. The standard InChI is InChI=1S/C11H17N3O4S2/c1-19(15,16)11-5-4-10(7-13-11)20(17,18)14-6-2-3-9(12)8-14/h4-5,7,9H,2-3,6,8,12H2,1H3/t9-/m1/s1. The zero-order valence-corrected chi connectivity index (χ0v) is 12.7. The quantitative estimate of drug-likeness (QED) is 0.811. The van der Waals surface area contributed by atoms with Crippen LogP contribution in [0.2, 0.25) is 0 Å². The lowest BCUT2D eigenvalue weighted by Crippen LogP contribution is -2.45. The van der Waals surface area contributed by atoms with Gasteiger partial charge in [0.15, 0.2) is 14.9 Å². The number of sulfonamides is 1. The van der Waals surface area contributed by atoms with E-state index in [0.717, 1.165) is 25.3 Å². The van der Waals surface area contributed by atoms with Crippen molar-refractivity contribution in [2.24, 2.45) is 5.73 Å². The van der Waals surface area contributed by atoms with E-state index in [4.69, 9.17) is 5.73 Å². The maximum Gasteiger partial charge on any atom is 0.244 e. The van der Waals surface area contributed by atoms with E-state index in [0.29, 0.717) is 6.54 Å². The summed E-state index contributed by atoms with van der Waals surface area (Å²) in [5, 5.41) is -0.146. The van der Waals surface area contributed by atoms with Gasteiger partial charge in [-0.05, 0) is 25.0 Å². The topological polar surface area (TPSA) is 110 Å². The average Bonchev–Trinajstić information content (AvgIpc) is 2.38. The highest BCUT2D eigenvalue weighted by Gasteiger charge is 2.29. The Hall–Kier alpha value is -1.03. The van der Waals surface area contributed by atoms with Crippen LogP contribution in [0.5, 0.6) is 0 Å². The van der Waals surface area contributed by atoms with E-state index in [2.05, 4.69) is 4.98 Å². The minimum Gasteiger partial charge on any atom is -0.327 e. The highest BCUT2D eigenvalue weighted by molar-refractivity contribution is 7.90. The molecule has 0 aromatic carbocycles. The van der Waals surface area contributed by atoms with Crippen molar-refractivity contribution in [3.63, 3.8) is 0 Å². The summed E-state index contributed by atoms with van der Waals surface area (Å²) in [6.45, 7) is 0.694. The molecule has 112 valence electrons. The molecule has 1 fully saturated rings. The molecule has 0 unspecified atom stereocenters. The SMILES string of the molecule is CS(=O)(=O)c1ccc(S(=O)(=O)N2CCC[C@@H](N)C2)cn1. The van der Waals surface area contributed by atoms with Gasteiger partial charge in [-0.25, -0.2) is 21.8 Å². The number of hydrogen-bond acceptors (Lipinski definition) is 6. The van der Waals surface area contributed by atoms with Gasteiger partial charge in [0, 0.05) is 31.6 Å². The van der Waals surface area contributed by atoms with Gasteiger partial charge >= 0.3 is 0 Å². The molecule has 1 aliphatic rings. The Bertz CT molecular complexity index is 683. The minimum absolute atomic E-state index is 0.0148. The van der Waals surface area contributed by atoms with Crippen molar-refractivity contribution in [3.8, 4) is 0 Å². The van der Waals surface area contributed by atoms with Crippen LogP contribution in [0.15, 0.2) is 28.3 Å². The van der Waals surface area contributed by atoms with Gasteiger partial charge in [0.25, 0.3) is 0 Å². The fourth-order valence-electron chi connectivity index (χ4n) is 2.08. The smallest absolute Gasteiger partial charge is 0.244 e. The van der Waals surface area contributed by atoms with Crippen LogP contribution < -0.4 is 5.73 Å². The van der Waals surface area contributed by atoms with Crippen molar-refractivity contribution in [1.82, 2.24) is 9.29 Å². The summed E-state index contributed by atoms with van der Waals surface area (Å²) >= 11 is 0. The zero-order valence-electron chi connectivity index (χ0n) is 11.1. The van der Waals surface area contributed by atoms with Gasteiger partial charge in [-0.2, -0.15) is 4.31 Å². The first-order valence-electron chi connectivity index (χ1n) is 6.13. The number of sulfone groups is 1. The van der Waals surface area contributed by atoms with Crippen LogP contribution in [0.4, 0.5) is 0 Å². The van der Waals surface area contributed by atoms with Crippen LogP contribution >= 0.6 is 0 Å². The molecule has 0 radical (unpaired) electrons. The van der Waals surface area contributed by atoms with Crippen LogP contribution in [0.3, 0.4) is 0 Å². The average molecular weight is 319 g/mol. The van der Waals surface area contributed by atoms with Gasteiger partial charge in [0.05, 0.1) is 0 Å².